The summed E-state index contributed by atoms with van der Waals surface area (Å²) in [5.74, 6) is -0.834. The van der Waals surface area contributed by atoms with Gasteiger partial charge in [-0.05, 0) is 6.92 Å². The van der Waals surface area contributed by atoms with E-state index in [0.29, 0.717) is 5.69 Å². The second-order valence-corrected chi connectivity index (χ2v) is 3.87. The Labute approximate surface area is 105 Å². The van der Waals surface area contributed by atoms with Crippen LogP contribution >= 0.6 is 0 Å². The van der Waals surface area contributed by atoms with Gasteiger partial charge < -0.3 is 10.4 Å². The van der Waals surface area contributed by atoms with E-state index in [4.69, 9.17) is 5.11 Å². The molecular formula is C13H13N3O2. The van der Waals surface area contributed by atoms with Crippen molar-refractivity contribution in [1.82, 2.24) is 9.97 Å². The molecule has 2 aromatic rings. The van der Waals surface area contributed by atoms with Crippen molar-refractivity contribution in [3.8, 4) is 11.3 Å². The first kappa shape index (κ1) is 12.0. The van der Waals surface area contributed by atoms with E-state index in [2.05, 4.69) is 15.3 Å². The number of rotatable bonds is 3. The number of nitrogens with one attached hydrogen (secondary N) is 1. The predicted octanol–water partition coefficient (Wildman–Crippen LogP) is 2.19. The van der Waals surface area contributed by atoms with Gasteiger partial charge in [-0.3, -0.25) is 0 Å². The van der Waals surface area contributed by atoms with Crippen LogP contribution in [0.2, 0.25) is 0 Å². The quantitative estimate of drug-likeness (QED) is 0.864. The summed E-state index contributed by atoms with van der Waals surface area (Å²) >= 11 is 0. The minimum atomic E-state index is -1.10. The van der Waals surface area contributed by atoms with E-state index < -0.39 is 5.97 Å². The lowest BCUT2D eigenvalue weighted by Gasteiger charge is -2.06. The van der Waals surface area contributed by atoms with Crippen LogP contribution in [0.3, 0.4) is 0 Å². The Bertz CT molecular complexity index is 579. The molecule has 92 valence electrons. The monoisotopic (exact) mass is 243 g/mol. The van der Waals surface area contributed by atoms with Gasteiger partial charge in [-0.1, -0.05) is 29.8 Å². The molecule has 1 aromatic heterocycles. The van der Waals surface area contributed by atoms with Gasteiger partial charge in [0.25, 0.3) is 0 Å². The van der Waals surface area contributed by atoms with Crippen LogP contribution in [0.5, 0.6) is 0 Å². The number of carbonyl (C=O) groups is 1. The van der Waals surface area contributed by atoms with Crippen LogP contribution in [0.25, 0.3) is 11.3 Å². The molecular weight excluding hydrogens is 230 g/mol. The fourth-order valence-electron chi connectivity index (χ4n) is 1.58. The Hall–Kier alpha value is -2.43. The summed E-state index contributed by atoms with van der Waals surface area (Å²) < 4.78 is 0. The van der Waals surface area contributed by atoms with Gasteiger partial charge in [0.05, 0.1) is 11.9 Å². The number of aryl methyl sites for hydroxylation is 1. The van der Waals surface area contributed by atoms with E-state index in [9.17, 15) is 4.79 Å². The summed E-state index contributed by atoms with van der Waals surface area (Å²) in [6.07, 6.45) is 1.56. The molecule has 0 unspecified atom stereocenters. The summed E-state index contributed by atoms with van der Waals surface area (Å²) in [5.41, 5.74) is 2.46. The molecule has 5 nitrogen and oxygen atoms in total. The molecule has 0 aliphatic rings. The summed E-state index contributed by atoms with van der Waals surface area (Å²) in [6.45, 7) is 1.99. The predicted molar refractivity (Wildman–Crippen MR) is 68.7 cm³/mol. The van der Waals surface area contributed by atoms with Gasteiger partial charge >= 0.3 is 5.97 Å². The van der Waals surface area contributed by atoms with Crippen LogP contribution < -0.4 is 5.32 Å². The molecule has 0 fully saturated rings. The average Bonchev–Trinajstić information content (AvgIpc) is 2.39. The van der Waals surface area contributed by atoms with Crippen molar-refractivity contribution in [2.24, 2.45) is 0 Å². The fraction of sp³-hybridized carbons (Fsp3) is 0.154. The minimum absolute atomic E-state index is 0.0735. The van der Waals surface area contributed by atoms with E-state index in [0.717, 1.165) is 11.1 Å². The maximum Gasteiger partial charge on any atom is 0.358 e. The Morgan fingerprint density at radius 2 is 1.94 bits per heavy atom. The van der Waals surface area contributed by atoms with E-state index >= 15 is 0 Å². The number of carboxylic acid groups (broad SMARTS) is 1. The van der Waals surface area contributed by atoms with E-state index in [-0.39, 0.29) is 11.5 Å². The third kappa shape index (κ3) is 2.29. The topological polar surface area (TPSA) is 75.1 Å². The molecule has 0 aliphatic carbocycles. The number of aromatic carboxylic acids is 1. The molecule has 2 rings (SSSR count). The van der Waals surface area contributed by atoms with Gasteiger partial charge in [0.15, 0.2) is 11.5 Å². The van der Waals surface area contributed by atoms with Crippen LogP contribution in [0.4, 0.5) is 5.82 Å². The molecule has 0 spiro atoms. The molecule has 0 saturated carbocycles. The molecule has 0 atom stereocenters. The fourth-order valence-corrected chi connectivity index (χ4v) is 1.58. The van der Waals surface area contributed by atoms with Gasteiger partial charge in [0.2, 0.25) is 0 Å². The van der Waals surface area contributed by atoms with Crippen molar-refractivity contribution in [2.75, 3.05) is 12.4 Å². The Balaban J connectivity index is 2.49. The lowest BCUT2D eigenvalue weighted by Crippen LogP contribution is -2.08. The maximum absolute atomic E-state index is 11.1. The minimum Gasteiger partial charge on any atom is -0.476 e. The third-order valence-corrected chi connectivity index (χ3v) is 2.56. The van der Waals surface area contributed by atoms with Gasteiger partial charge in [0, 0.05) is 12.6 Å². The van der Waals surface area contributed by atoms with E-state index in [1.54, 1.807) is 13.2 Å². The summed E-state index contributed by atoms with van der Waals surface area (Å²) in [4.78, 5) is 19.3. The standard InChI is InChI=1S/C13H13N3O2/c1-8-3-5-9(6-4-8)10-7-15-12(14-2)11(16-10)13(17)18/h3-7H,1-2H3,(H,14,15)(H,17,18). The highest BCUT2D eigenvalue weighted by Crippen LogP contribution is 2.19. The highest BCUT2D eigenvalue weighted by atomic mass is 16.4. The van der Waals surface area contributed by atoms with Gasteiger partial charge in [-0.2, -0.15) is 0 Å². The first-order valence-corrected chi connectivity index (χ1v) is 5.47. The Morgan fingerprint density at radius 3 is 2.50 bits per heavy atom. The maximum atomic E-state index is 11.1. The highest BCUT2D eigenvalue weighted by molar-refractivity contribution is 5.91. The van der Waals surface area contributed by atoms with Crippen molar-refractivity contribution in [2.45, 2.75) is 6.92 Å². The second kappa shape index (κ2) is 4.83. The number of aromatic nitrogens is 2. The zero-order chi connectivity index (χ0) is 13.1. The zero-order valence-corrected chi connectivity index (χ0v) is 10.1. The van der Waals surface area contributed by atoms with Gasteiger partial charge in [-0.15, -0.1) is 0 Å². The number of carboxylic acids is 1. The summed E-state index contributed by atoms with van der Waals surface area (Å²) in [5, 5.41) is 11.8. The molecule has 1 aromatic carbocycles. The average molecular weight is 243 g/mol. The zero-order valence-electron chi connectivity index (χ0n) is 10.1. The molecule has 1 heterocycles. The Kier molecular flexibility index (Phi) is 3.23. The SMILES string of the molecule is CNc1ncc(-c2ccc(C)cc2)nc1C(=O)O. The lowest BCUT2D eigenvalue weighted by molar-refractivity contribution is 0.0691. The Morgan fingerprint density at radius 1 is 1.28 bits per heavy atom. The molecule has 0 saturated heterocycles. The van der Waals surface area contributed by atoms with Crippen LogP contribution in [0.15, 0.2) is 30.5 Å². The number of nitrogens with zero attached hydrogens (tertiary/aromatic N) is 2. The van der Waals surface area contributed by atoms with Crippen molar-refractivity contribution < 1.29 is 9.90 Å². The van der Waals surface area contributed by atoms with Crippen molar-refractivity contribution >= 4 is 11.8 Å². The molecule has 0 radical (unpaired) electrons. The summed E-state index contributed by atoms with van der Waals surface area (Å²) in [7, 11) is 1.61. The van der Waals surface area contributed by atoms with E-state index in [1.807, 2.05) is 31.2 Å². The van der Waals surface area contributed by atoms with Crippen LogP contribution in [0, 0.1) is 6.92 Å². The largest absolute Gasteiger partial charge is 0.476 e. The van der Waals surface area contributed by atoms with Crippen molar-refractivity contribution in [1.29, 1.82) is 0 Å². The number of benzene rings is 1. The molecule has 0 amide bonds. The normalized spacial score (nSPS) is 10.1. The van der Waals surface area contributed by atoms with Crippen molar-refractivity contribution in [3.05, 3.63) is 41.7 Å². The van der Waals surface area contributed by atoms with Crippen LogP contribution in [0.1, 0.15) is 16.1 Å². The van der Waals surface area contributed by atoms with Crippen LogP contribution in [-0.2, 0) is 0 Å². The second-order valence-electron chi connectivity index (χ2n) is 3.87. The summed E-state index contributed by atoms with van der Waals surface area (Å²) in [6, 6.07) is 7.68. The number of hydrogen-bond donors (Lipinski definition) is 2. The van der Waals surface area contributed by atoms with Crippen molar-refractivity contribution in [3.63, 3.8) is 0 Å². The van der Waals surface area contributed by atoms with E-state index in [1.165, 1.54) is 0 Å². The molecule has 18 heavy (non-hydrogen) atoms. The third-order valence-electron chi connectivity index (χ3n) is 2.56. The molecule has 2 N–H and O–H groups in total. The lowest BCUT2D eigenvalue weighted by atomic mass is 10.1. The van der Waals surface area contributed by atoms with Gasteiger partial charge in [0.1, 0.15) is 0 Å². The number of hydrogen-bond acceptors (Lipinski definition) is 4. The van der Waals surface area contributed by atoms with Crippen LogP contribution in [-0.4, -0.2) is 28.1 Å². The number of anilines is 1. The first-order chi connectivity index (χ1) is 8.61. The first-order valence-electron chi connectivity index (χ1n) is 5.47. The molecule has 5 heteroatoms. The smallest absolute Gasteiger partial charge is 0.358 e. The molecule has 0 bridgehead atoms. The highest BCUT2D eigenvalue weighted by Gasteiger charge is 2.14. The van der Waals surface area contributed by atoms with Gasteiger partial charge in [-0.25, -0.2) is 14.8 Å². The molecule has 0 aliphatic heterocycles.